The number of guanidine groups is 1. The Morgan fingerprint density at radius 1 is 1.33 bits per heavy atom. The van der Waals surface area contributed by atoms with E-state index in [-0.39, 0.29) is 29.9 Å². The van der Waals surface area contributed by atoms with Crippen molar-refractivity contribution in [3.05, 3.63) is 29.0 Å². The van der Waals surface area contributed by atoms with Crippen molar-refractivity contribution in [2.75, 3.05) is 20.1 Å². The molecule has 24 heavy (non-hydrogen) atoms. The number of hydrogen-bond acceptors (Lipinski definition) is 3. The smallest absolute Gasteiger partial charge is 0.220 e. The minimum absolute atomic E-state index is 0. The lowest BCUT2D eigenvalue weighted by atomic mass is 10.2. The SMILES string of the molecule is CN=C(NCCCC(=O)NC1CC1)NCCc1ccc(Cl)nc1.I. The van der Waals surface area contributed by atoms with E-state index >= 15 is 0 Å². The summed E-state index contributed by atoms with van der Waals surface area (Å²) in [6.45, 7) is 1.48. The van der Waals surface area contributed by atoms with E-state index in [0.717, 1.165) is 50.3 Å². The van der Waals surface area contributed by atoms with Gasteiger partial charge in [-0.15, -0.1) is 24.0 Å². The van der Waals surface area contributed by atoms with Crippen molar-refractivity contribution >= 4 is 47.4 Å². The highest BCUT2D eigenvalue weighted by Crippen LogP contribution is 2.18. The Morgan fingerprint density at radius 3 is 2.71 bits per heavy atom. The first-order valence-corrected chi connectivity index (χ1v) is 8.39. The zero-order valence-electron chi connectivity index (χ0n) is 13.8. The number of nitrogens with zero attached hydrogens (tertiary/aromatic N) is 2. The van der Waals surface area contributed by atoms with Gasteiger partial charge >= 0.3 is 0 Å². The van der Waals surface area contributed by atoms with Crippen molar-refractivity contribution in [2.24, 2.45) is 4.99 Å². The molecule has 0 saturated heterocycles. The van der Waals surface area contributed by atoms with Gasteiger partial charge in [0.1, 0.15) is 5.15 Å². The van der Waals surface area contributed by atoms with Crippen LogP contribution < -0.4 is 16.0 Å². The second kappa shape index (κ2) is 11.5. The minimum atomic E-state index is 0. The fourth-order valence-corrected chi connectivity index (χ4v) is 2.20. The monoisotopic (exact) mass is 465 g/mol. The van der Waals surface area contributed by atoms with Crippen molar-refractivity contribution in [1.82, 2.24) is 20.9 Å². The maximum Gasteiger partial charge on any atom is 0.220 e. The van der Waals surface area contributed by atoms with Gasteiger partial charge in [-0.25, -0.2) is 4.98 Å². The van der Waals surface area contributed by atoms with E-state index in [2.05, 4.69) is 25.9 Å². The van der Waals surface area contributed by atoms with Crippen molar-refractivity contribution < 1.29 is 4.79 Å². The molecule has 1 aromatic rings. The van der Waals surface area contributed by atoms with Gasteiger partial charge in [0.05, 0.1) is 0 Å². The minimum Gasteiger partial charge on any atom is -0.356 e. The van der Waals surface area contributed by atoms with Crippen LogP contribution in [-0.4, -0.2) is 43.0 Å². The summed E-state index contributed by atoms with van der Waals surface area (Å²) in [5, 5.41) is 9.94. The Morgan fingerprint density at radius 2 is 2.08 bits per heavy atom. The number of pyridine rings is 1. The van der Waals surface area contributed by atoms with Crippen molar-refractivity contribution in [3.8, 4) is 0 Å². The molecule has 8 heteroatoms. The maximum absolute atomic E-state index is 11.6. The summed E-state index contributed by atoms with van der Waals surface area (Å²) in [4.78, 5) is 19.8. The van der Waals surface area contributed by atoms with E-state index in [9.17, 15) is 4.79 Å². The van der Waals surface area contributed by atoms with E-state index in [1.54, 1.807) is 19.3 Å². The van der Waals surface area contributed by atoms with Crippen LogP contribution in [0.4, 0.5) is 0 Å². The van der Waals surface area contributed by atoms with Gasteiger partial charge in [0, 0.05) is 38.8 Å². The van der Waals surface area contributed by atoms with Crippen LogP contribution in [0.15, 0.2) is 23.3 Å². The van der Waals surface area contributed by atoms with Gasteiger partial charge in [-0.1, -0.05) is 17.7 Å². The molecule has 0 unspecified atom stereocenters. The number of aliphatic imine (C=N–C) groups is 1. The molecule has 6 nitrogen and oxygen atoms in total. The Balaban J connectivity index is 0.00000288. The van der Waals surface area contributed by atoms with Crippen molar-refractivity contribution in [3.63, 3.8) is 0 Å². The van der Waals surface area contributed by atoms with Gasteiger partial charge in [0.25, 0.3) is 0 Å². The molecule has 0 atom stereocenters. The molecule has 0 radical (unpaired) electrons. The summed E-state index contributed by atoms with van der Waals surface area (Å²) in [7, 11) is 1.74. The van der Waals surface area contributed by atoms with Gasteiger partial charge in [-0.05, 0) is 37.3 Å². The molecular weight excluding hydrogens is 441 g/mol. The van der Waals surface area contributed by atoms with Gasteiger partial charge in [0.2, 0.25) is 5.91 Å². The summed E-state index contributed by atoms with van der Waals surface area (Å²) >= 11 is 5.76. The largest absolute Gasteiger partial charge is 0.356 e. The first-order chi connectivity index (χ1) is 11.2. The van der Waals surface area contributed by atoms with Crippen LogP contribution in [0, 0.1) is 0 Å². The Labute approximate surface area is 165 Å². The lowest BCUT2D eigenvalue weighted by molar-refractivity contribution is -0.121. The number of hydrogen-bond donors (Lipinski definition) is 3. The normalized spacial score (nSPS) is 13.8. The average Bonchev–Trinajstić information content (AvgIpc) is 3.35. The standard InChI is InChI=1S/C16H24ClN5O.HI/c1-18-16(19-9-2-3-15(23)22-13-5-6-13)20-10-8-12-4-7-14(17)21-11-12;/h4,7,11,13H,2-3,5-6,8-10H2,1H3,(H,22,23)(H2,18,19,20);1H. The van der Waals surface area contributed by atoms with E-state index in [4.69, 9.17) is 11.6 Å². The predicted octanol–water partition coefficient (Wildman–Crippen LogP) is 2.12. The quantitative estimate of drug-likeness (QED) is 0.181. The highest BCUT2D eigenvalue weighted by Gasteiger charge is 2.22. The van der Waals surface area contributed by atoms with Crippen LogP contribution in [0.2, 0.25) is 5.15 Å². The van der Waals surface area contributed by atoms with Gasteiger partial charge < -0.3 is 16.0 Å². The maximum atomic E-state index is 11.6. The first kappa shape index (κ1) is 21.0. The summed E-state index contributed by atoms with van der Waals surface area (Å²) in [5.41, 5.74) is 1.12. The third-order valence-electron chi connectivity index (χ3n) is 3.53. The van der Waals surface area contributed by atoms with Gasteiger partial charge in [0.15, 0.2) is 5.96 Å². The molecule has 0 aromatic carbocycles. The molecule has 1 heterocycles. The second-order valence-electron chi connectivity index (χ2n) is 5.61. The molecule has 0 spiro atoms. The predicted molar refractivity (Wildman–Crippen MR) is 108 cm³/mol. The van der Waals surface area contributed by atoms with Crippen molar-refractivity contribution in [1.29, 1.82) is 0 Å². The first-order valence-electron chi connectivity index (χ1n) is 8.01. The summed E-state index contributed by atoms with van der Waals surface area (Å²) in [5.74, 6) is 0.891. The molecule has 1 aliphatic carbocycles. The van der Waals surface area contributed by atoms with Crippen LogP contribution in [0.3, 0.4) is 0 Å². The number of carbonyl (C=O) groups is 1. The molecule has 1 aliphatic rings. The molecule has 2 rings (SSSR count). The number of aromatic nitrogens is 1. The Hall–Kier alpha value is -1.09. The fourth-order valence-electron chi connectivity index (χ4n) is 2.08. The third kappa shape index (κ3) is 8.68. The van der Waals surface area contributed by atoms with Crippen LogP contribution >= 0.6 is 35.6 Å². The molecule has 0 bridgehead atoms. The van der Waals surface area contributed by atoms with Crippen LogP contribution in [0.1, 0.15) is 31.2 Å². The molecular formula is C16H25ClIN5O. The molecule has 1 saturated carbocycles. The fraction of sp³-hybridized carbons (Fsp3) is 0.562. The number of amides is 1. The Kier molecular flexibility index (Phi) is 10.0. The second-order valence-corrected chi connectivity index (χ2v) is 6.00. The summed E-state index contributed by atoms with van der Waals surface area (Å²) in [6.07, 6.45) is 6.22. The van der Waals surface area contributed by atoms with E-state index in [1.807, 2.05) is 6.07 Å². The van der Waals surface area contributed by atoms with Crippen molar-refractivity contribution in [2.45, 2.75) is 38.1 Å². The summed E-state index contributed by atoms with van der Waals surface area (Å²) < 4.78 is 0. The number of carbonyl (C=O) groups excluding carboxylic acids is 1. The molecule has 1 aromatic heterocycles. The molecule has 3 N–H and O–H groups in total. The summed E-state index contributed by atoms with van der Waals surface area (Å²) in [6, 6.07) is 4.19. The number of halogens is 2. The highest BCUT2D eigenvalue weighted by molar-refractivity contribution is 14.0. The Bertz CT molecular complexity index is 534. The molecule has 0 aliphatic heterocycles. The zero-order chi connectivity index (χ0) is 16.5. The van der Waals surface area contributed by atoms with E-state index in [0.29, 0.717) is 17.6 Å². The van der Waals surface area contributed by atoms with Crippen LogP contribution in [0.25, 0.3) is 0 Å². The lowest BCUT2D eigenvalue weighted by Gasteiger charge is -2.11. The number of nitrogens with one attached hydrogen (secondary N) is 3. The number of rotatable bonds is 8. The van der Waals surface area contributed by atoms with E-state index in [1.165, 1.54) is 0 Å². The molecule has 134 valence electrons. The highest BCUT2D eigenvalue weighted by atomic mass is 127. The lowest BCUT2D eigenvalue weighted by Crippen LogP contribution is -2.39. The third-order valence-corrected chi connectivity index (χ3v) is 3.76. The van der Waals surface area contributed by atoms with E-state index < -0.39 is 0 Å². The zero-order valence-corrected chi connectivity index (χ0v) is 16.9. The van der Waals surface area contributed by atoms with Crippen LogP contribution in [0.5, 0.6) is 0 Å². The topological polar surface area (TPSA) is 78.4 Å². The van der Waals surface area contributed by atoms with Gasteiger partial charge in [-0.2, -0.15) is 0 Å². The molecule has 1 fully saturated rings. The van der Waals surface area contributed by atoms with Crippen LogP contribution in [-0.2, 0) is 11.2 Å². The molecule has 1 amide bonds. The van der Waals surface area contributed by atoms with Gasteiger partial charge in [-0.3, -0.25) is 9.79 Å². The average molecular weight is 466 g/mol.